The molecule has 3 nitrogen and oxygen atoms in total. The maximum Gasteiger partial charge on any atom is 0.229 e. The van der Waals surface area contributed by atoms with Crippen LogP contribution in [0.15, 0.2) is 12.1 Å². The topological polar surface area (TPSA) is 41.1 Å². The van der Waals surface area contributed by atoms with E-state index >= 15 is 0 Å². The largest absolute Gasteiger partial charge is 0.321 e. The summed E-state index contributed by atoms with van der Waals surface area (Å²) in [4.78, 5) is 11.8. The summed E-state index contributed by atoms with van der Waals surface area (Å²) in [7, 11) is 0. The van der Waals surface area contributed by atoms with Gasteiger partial charge in [-0.15, -0.1) is 0 Å². The molecule has 0 spiro atoms. The smallest absolute Gasteiger partial charge is 0.229 e. The van der Waals surface area contributed by atoms with E-state index in [1.807, 2.05) is 6.92 Å². The van der Waals surface area contributed by atoms with Gasteiger partial charge in [-0.25, -0.2) is 13.2 Å². The molecular weight excluding hydrogens is 245 g/mol. The lowest BCUT2D eigenvalue weighted by atomic mass is 9.97. The van der Waals surface area contributed by atoms with Gasteiger partial charge in [0, 0.05) is 18.7 Å². The molecule has 1 aromatic carbocycles. The molecule has 0 aliphatic carbocycles. The number of hydrogen-bond acceptors (Lipinski definition) is 2. The molecule has 98 valence electrons. The van der Waals surface area contributed by atoms with Gasteiger partial charge in [0.1, 0.15) is 11.5 Å². The Balaban J connectivity index is 2.17. The molecule has 0 bridgehead atoms. The third kappa shape index (κ3) is 2.48. The number of amides is 1. The highest BCUT2D eigenvalue weighted by molar-refractivity contribution is 5.93. The molecule has 2 unspecified atom stereocenters. The predicted octanol–water partition coefficient (Wildman–Crippen LogP) is 1.90. The van der Waals surface area contributed by atoms with Crippen LogP contribution in [0.5, 0.6) is 0 Å². The number of anilines is 1. The van der Waals surface area contributed by atoms with Crippen LogP contribution in [-0.4, -0.2) is 19.0 Å². The van der Waals surface area contributed by atoms with E-state index in [-0.39, 0.29) is 11.8 Å². The molecule has 2 atom stereocenters. The molecule has 1 amide bonds. The number of carbonyl (C=O) groups is 1. The van der Waals surface area contributed by atoms with Crippen LogP contribution in [0.3, 0.4) is 0 Å². The van der Waals surface area contributed by atoms with Crippen molar-refractivity contribution in [3.8, 4) is 0 Å². The van der Waals surface area contributed by atoms with E-state index in [1.54, 1.807) is 0 Å². The van der Waals surface area contributed by atoms with Crippen LogP contribution in [0.25, 0.3) is 0 Å². The monoisotopic (exact) mass is 258 g/mol. The lowest BCUT2D eigenvalue weighted by molar-refractivity contribution is -0.120. The first-order chi connectivity index (χ1) is 8.49. The maximum atomic E-state index is 13.3. The van der Waals surface area contributed by atoms with Gasteiger partial charge in [0.25, 0.3) is 0 Å². The quantitative estimate of drug-likeness (QED) is 0.850. The van der Waals surface area contributed by atoms with E-state index < -0.39 is 29.0 Å². The number of nitrogens with one attached hydrogen (secondary N) is 2. The van der Waals surface area contributed by atoms with Gasteiger partial charge in [-0.1, -0.05) is 6.92 Å². The fraction of sp³-hybridized carbons (Fsp3) is 0.417. The highest BCUT2D eigenvalue weighted by Gasteiger charge is 2.30. The first kappa shape index (κ1) is 12.9. The molecular formula is C12H13F3N2O. The van der Waals surface area contributed by atoms with Crippen LogP contribution in [0.2, 0.25) is 0 Å². The Hall–Kier alpha value is -1.56. The van der Waals surface area contributed by atoms with Gasteiger partial charge in [-0.2, -0.15) is 0 Å². The molecule has 1 aromatic rings. The van der Waals surface area contributed by atoms with E-state index in [4.69, 9.17) is 0 Å². The summed E-state index contributed by atoms with van der Waals surface area (Å²) in [6.07, 6.45) is 0. The minimum absolute atomic E-state index is 0.0940. The van der Waals surface area contributed by atoms with Gasteiger partial charge in [0.05, 0.1) is 5.92 Å². The zero-order valence-corrected chi connectivity index (χ0v) is 9.77. The first-order valence-corrected chi connectivity index (χ1v) is 5.65. The van der Waals surface area contributed by atoms with Crippen molar-refractivity contribution in [3.05, 3.63) is 29.6 Å². The third-order valence-electron chi connectivity index (χ3n) is 3.11. The SMILES string of the molecule is CC1CNCC1C(=O)Nc1c(F)cc(F)cc1F. The van der Waals surface area contributed by atoms with Crippen LogP contribution in [0.4, 0.5) is 18.9 Å². The Bertz CT molecular complexity index is 455. The van der Waals surface area contributed by atoms with Gasteiger partial charge in [0.2, 0.25) is 5.91 Å². The molecule has 2 rings (SSSR count). The van der Waals surface area contributed by atoms with E-state index in [9.17, 15) is 18.0 Å². The highest BCUT2D eigenvalue weighted by atomic mass is 19.1. The third-order valence-corrected chi connectivity index (χ3v) is 3.11. The Morgan fingerprint density at radius 3 is 2.39 bits per heavy atom. The molecule has 0 radical (unpaired) electrons. The number of benzene rings is 1. The summed E-state index contributed by atoms with van der Waals surface area (Å²) in [5.74, 6) is -3.94. The molecule has 1 aliphatic heterocycles. The van der Waals surface area contributed by atoms with Crippen molar-refractivity contribution in [2.45, 2.75) is 6.92 Å². The fourth-order valence-corrected chi connectivity index (χ4v) is 2.04. The van der Waals surface area contributed by atoms with Crippen molar-refractivity contribution in [1.82, 2.24) is 5.32 Å². The minimum Gasteiger partial charge on any atom is -0.321 e. The molecule has 2 N–H and O–H groups in total. The number of hydrogen-bond donors (Lipinski definition) is 2. The molecule has 6 heteroatoms. The Morgan fingerprint density at radius 2 is 1.89 bits per heavy atom. The van der Waals surface area contributed by atoms with Gasteiger partial charge < -0.3 is 10.6 Å². The molecule has 0 saturated carbocycles. The Kier molecular flexibility index (Phi) is 3.56. The minimum atomic E-state index is -1.11. The number of carbonyl (C=O) groups excluding carboxylic acids is 1. The summed E-state index contributed by atoms with van der Waals surface area (Å²) in [6.45, 7) is 3.03. The van der Waals surface area contributed by atoms with Crippen LogP contribution in [-0.2, 0) is 4.79 Å². The molecule has 1 saturated heterocycles. The van der Waals surface area contributed by atoms with E-state index in [0.29, 0.717) is 25.2 Å². The van der Waals surface area contributed by atoms with Crippen LogP contribution < -0.4 is 10.6 Å². The van der Waals surface area contributed by atoms with Crippen LogP contribution in [0, 0.1) is 29.3 Å². The fourth-order valence-electron chi connectivity index (χ4n) is 2.04. The molecule has 1 heterocycles. The number of rotatable bonds is 2. The second kappa shape index (κ2) is 4.97. The molecule has 0 aromatic heterocycles. The summed E-state index contributed by atoms with van der Waals surface area (Å²) >= 11 is 0. The van der Waals surface area contributed by atoms with Crippen LogP contribution >= 0.6 is 0 Å². The molecule has 1 aliphatic rings. The van der Waals surface area contributed by atoms with Gasteiger partial charge in [0.15, 0.2) is 11.6 Å². The maximum absolute atomic E-state index is 13.3. The van der Waals surface area contributed by atoms with Crippen molar-refractivity contribution in [1.29, 1.82) is 0 Å². The standard InChI is InChI=1S/C12H13F3N2O/c1-6-4-16-5-8(6)12(18)17-11-9(14)2-7(13)3-10(11)15/h2-3,6,8,16H,4-5H2,1H3,(H,17,18). The van der Waals surface area contributed by atoms with Crippen molar-refractivity contribution in [2.24, 2.45) is 11.8 Å². The van der Waals surface area contributed by atoms with Gasteiger partial charge >= 0.3 is 0 Å². The van der Waals surface area contributed by atoms with Crippen molar-refractivity contribution >= 4 is 11.6 Å². The zero-order chi connectivity index (χ0) is 13.3. The number of halogens is 3. The summed E-state index contributed by atoms with van der Waals surface area (Å²) in [5.41, 5.74) is -0.597. The van der Waals surface area contributed by atoms with E-state index in [0.717, 1.165) is 0 Å². The second-order valence-corrected chi connectivity index (χ2v) is 4.48. The van der Waals surface area contributed by atoms with Crippen molar-refractivity contribution in [3.63, 3.8) is 0 Å². The normalized spacial score (nSPS) is 23.1. The summed E-state index contributed by atoms with van der Waals surface area (Å²) in [5, 5.41) is 5.20. The Morgan fingerprint density at radius 1 is 1.28 bits per heavy atom. The van der Waals surface area contributed by atoms with Gasteiger partial charge in [-0.3, -0.25) is 4.79 Å². The molecule has 18 heavy (non-hydrogen) atoms. The van der Waals surface area contributed by atoms with Gasteiger partial charge in [-0.05, 0) is 12.5 Å². The van der Waals surface area contributed by atoms with Crippen LogP contribution in [0.1, 0.15) is 6.92 Å². The van der Waals surface area contributed by atoms with Crippen molar-refractivity contribution < 1.29 is 18.0 Å². The average Bonchev–Trinajstić information content (AvgIpc) is 2.69. The van der Waals surface area contributed by atoms with E-state index in [1.165, 1.54) is 0 Å². The lowest BCUT2D eigenvalue weighted by Crippen LogP contribution is -2.28. The summed E-state index contributed by atoms with van der Waals surface area (Å²) < 4.78 is 39.4. The highest BCUT2D eigenvalue weighted by Crippen LogP contribution is 2.23. The van der Waals surface area contributed by atoms with Crippen molar-refractivity contribution in [2.75, 3.05) is 18.4 Å². The predicted molar refractivity (Wildman–Crippen MR) is 60.5 cm³/mol. The Labute approximate surface area is 102 Å². The first-order valence-electron chi connectivity index (χ1n) is 5.65. The summed E-state index contributed by atoms with van der Waals surface area (Å²) in [6, 6.07) is 1.07. The average molecular weight is 258 g/mol. The lowest BCUT2D eigenvalue weighted by Gasteiger charge is -2.15. The molecule has 1 fully saturated rings. The van der Waals surface area contributed by atoms with E-state index in [2.05, 4.69) is 10.6 Å². The zero-order valence-electron chi connectivity index (χ0n) is 9.77. The second-order valence-electron chi connectivity index (χ2n) is 4.48.